The molecule has 0 aliphatic rings. The molecule has 1 aromatic heterocycles. The lowest BCUT2D eigenvalue weighted by atomic mass is 10.1. The maximum absolute atomic E-state index is 9.68. The topological polar surface area (TPSA) is 94.4 Å². The molecule has 0 aliphatic carbocycles. The van der Waals surface area contributed by atoms with Gasteiger partial charge < -0.3 is 20.1 Å². The van der Waals surface area contributed by atoms with Crippen molar-refractivity contribution in [1.82, 2.24) is 10.1 Å². The monoisotopic (exact) mass is 263 g/mol. The number of benzene rings is 1. The normalized spacial score (nSPS) is 12.4. The fourth-order valence-corrected chi connectivity index (χ4v) is 1.68. The van der Waals surface area contributed by atoms with Gasteiger partial charge in [0.1, 0.15) is 11.9 Å². The first-order valence-electron chi connectivity index (χ1n) is 6.06. The summed E-state index contributed by atoms with van der Waals surface area (Å²) in [6, 6.07) is 7.62. The molecule has 1 unspecified atom stereocenters. The van der Waals surface area contributed by atoms with Crippen LogP contribution in [0.3, 0.4) is 0 Å². The Balaban J connectivity index is 2.02. The van der Waals surface area contributed by atoms with Gasteiger partial charge >= 0.3 is 0 Å². The van der Waals surface area contributed by atoms with Gasteiger partial charge in [0.05, 0.1) is 7.11 Å². The first-order chi connectivity index (χ1) is 9.22. The van der Waals surface area contributed by atoms with Crippen molar-refractivity contribution in [3.8, 4) is 5.75 Å². The molecule has 0 saturated heterocycles. The van der Waals surface area contributed by atoms with Gasteiger partial charge in [0, 0.05) is 6.42 Å². The second kappa shape index (κ2) is 6.31. The average Bonchev–Trinajstić information content (AvgIpc) is 2.88. The van der Waals surface area contributed by atoms with Gasteiger partial charge in [0.25, 0.3) is 5.89 Å². The molecule has 2 aromatic rings. The van der Waals surface area contributed by atoms with Crippen molar-refractivity contribution >= 4 is 0 Å². The number of aromatic nitrogens is 2. The van der Waals surface area contributed by atoms with E-state index in [4.69, 9.17) is 15.0 Å². The second-order valence-corrected chi connectivity index (χ2v) is 4.17. The maximum atomic E-state index is 9.68. The first kappa shape index (κ1) is 13.5. The molecule has 1 aromatic carbocycles. The van der Waals surface area contributed by atoms with E-state index >= 15 is 0 Å². The molecule has 1 heterocycles. The molecule has 102 valence electrons. The third-order valence-electron chi connectivity index (χ3n) is 2.73. The van der Waals surface area contributed by atoms with E-state index in [-0.39, 0.29) is 5.89 Å². The Morgan fingerprint density at radius 2 is 2.11 bits per heavy atom. The van der Waals surface area contributed by atoms with E-state index in [1.165, 1.54) is 0 Å². The van der Waals surface area contributed by atoms with E-state index in [1.54, 1.807) is 7.11 Å². The van der Waals surface area contributed by atoms with Crippen molar-refractivity contribution < 1.29 is 14.4 Å². The van der Waals surface area contributed by atoms with E-state index in [2.05, 4.69) is 10.1 Å². The van der Waals surface area contributed by atoms with E-state index in [1.807, 2.05) is 24.3 Å². The molecule has 0 saturated carbocycles. The molecule has 0 aliphatic heterocycles. The number of rotatable bonds is 6. The van der Waals surface area contributed by atoms with Crippen LogP contribution in [0.5, 0.6) is 5.75 Å². The van der Waals surface area contributed by atoms with Gasteiger partial charge in [0.15, 0.2) is 5.82 Å². The standard InChI is InChI=1S/C13H17N3O3/c1-18-10-4-2-9(3-5-10)8-12-15-13(19-16-12)11(17)6-7-14/h2-5,11,17H,6-8,14H2,1H3. The Labute approximate surface area is 111 Å². The van der Waals surface area contributed by atoms with Crippen LogP contribution in [0.15, 0.2) is 28.8 Å². The van der Waals surface area contributed by atoms with Gasteiger partial charge in [-0.15, -0.1) is 0 Å². The summed E-state index contributed by atoms with van der Waals surface area (Å²) in [5.74, 6) is 1.56. The minimum Gasteiger partial charge on any atom is -0.497 e. The number of aliphatic hydroxyl groups excluding tert-OH is 1. The number of nitrogens with zero attached hydrogens (tertiary/aromatic N) is 2. The van der Waals surface area contributed by atoms with Crippen molar-refractivity contribution in [3.05, 3.63) is 41.5 Å². The number of methoxy groups -OCH3 is 1. The zero-order chi connectivity index (χ0) is 13.7. The number of aliphatic hydroxyl groups is 1. The molecule has 0 bridgehead atoms. The zero-order valence-corrected chi connectivity index (χ0v) is 10.7. The number of hydrogen-bond donors (Lipinski definition) is 2. The van der Waals surface area contributed by atoms with Crippen LogP contribution >= 0.6 is 0 Å². The molecule has 2 rings (SSSR count). The number of hydrogen-bond acceptors (Lipinski definition) is 6. The fourth-order valence-electron chi connectivity index (χ4n) is 1.68. The summed E-state index contributed by atoms with van der Waals surface area (Å²) in [5, 5.41) is 13.5. The Hall–Kier alpha value is -1.92. The lowest BCUT2D eigenvalue weighted by molar-refractivity contribution is 0.127. The minimum atomic E-state index is -0.790. The molecule has 19 heavy (non-hydrogen) atoms. The number of nitrogens with two attached hydrogens (primary N) is 1. The lowest BCUT2D eigenvalue weighted by Crippen LogP contribution is -2.07. The van der Waals surface area contributed by atoms with Crippen LogP contribution in [0.4, 0.5) is 0 Å². The lowest BCUT2D eigenvalue weighted by Gasteiger charge is -2.01. The van der Waals surface area contributed by atoms with Gasteiger partial charge in [-0.05, 0) is 30.7 Å². The Morgan fingerprint density at radius 3 is 2.74 bits per heavy atom. The summed E-state index contributed by atoms with van der Waals surface area (Å²) in [6.07, 6.45) is 0.162. The van der Waals surface area contributed by atoms with Gasteiger partial charge in [-0.25, -0.2) is 0 Å². The Kier molecular flexibility index (Phi) is 4.48. The van der Waals surface area contributed by atoms with Crippen LogP contribution in [-0.2, 0) is 6.42 Å². The molecule has 6 nitrogen and oxygen atoms in total. The third kappa shape index (κ3) is 3.52. The summed E-state index contributed by atoms with van der Waals surface area (Å²) < 4.78 is 10.1. The molecule has 1 atom stereocenters. The number of ether oxygens (including phenoxy) is 1. The molecule has 3 N–H and O–H groups in total. The van der Waals surface area contributed by atoms with Crippen LogP contribution in [0.2, 0.25) is 0 Å². The molecule has 6 heteroatoms. The van der Waals surface area contributed by atoms with Gasteiger partial charge in [-0.3, -0.25) is 0 Å². The van der Waals surface area contributed by atoms with Crippen molar-refractivity contribution in [2.24, 2.45) is 5.73 Å². The van der Waals surface area contributed by atoms with Gasteiger partial charge in [-0.1, -0.05) is 17.3 Å². The molecular weight excluding hydrogens is 246 g/mol. The van der Waals surface area contributed by atoms with Crippen molar-refractivity contribution in [2.45, 2.75) is 18.9 Å². The van der Waals surface area contributed by atoms with Crippen molar-refractivity contribution in [1.29, 1.82) is 0 Å². The predicted molar refractivity (Wildman–Crippen MR) is 68.7 cm³/mol. The van der Waals surface area contributed by atoms with E-state index in [9.17, 15) is 5.11 Å². The largest absolute Gasteiger partial charge is 0.497 e. The van der Waals surface area contributed by atoms with Crippen molar-refractivity contribution in [2.75, 3.05) is 13.7 Å². The molecular formula is C13H17N3O3. The quantitative estimate of drug-likeness (QED) is 0.809. The molecule has 0 spiro atoms. The van der Waals surface area contributed by atoms with Crippen LogP contribution in [0.25, 0.3) is 0 Å². The van der Waals surface area contributed by atoms with E-state index in [0.29, 0.717) is 25.2 Å². The summed E-state index contributed by atoms with van der Waals surface area (Å²) in [4.78, 5) is 4.15. The molecule has 0 fully saturated rings. The highest BCUT2D eigenvalue weighted by Gasteiger charge is 2.15. The van der Waals surface area contributed by atoms with Crippen LogP contribution in [-0.4, -0.2) is 28.9 Å². The highest BCUT2D eigenvalue weighted by atomic mass is 16.5. The summed E-state index contributed by atoms with van der Waals surface area (Å²) in [7, 11) is 1.62. The third-order valence-corrected chi connectivity index (χ3v) is 2.73. The van der Waals surface area contributed by atoms with Crippen LogP contribution in [0.1, 0.15) is 29.8 Å². The van der Waals surface area contributed by atoms with Gasteiger partial charge in [-0.2, -0.15) is 4.98 Å². The minimum absolute atomic E-state index is 0.217. The maximum Gasteiger partial charge on any atom is 0.255 e. The SMILES string of the molecule is COc1ccc(Cc2noc(C(O)CCN)n2)cc1. The Bertz CT molecular complexity index is 510. The van der Waals surface area contributed by atoms with Crippen molar-refractivity contribution in [3.63, 3.8) is 0 Å². The molecule has 0 amide bonds. The summed E-state index contributed by atoms with van der Waals surface area (Å²) >= 11 is 0. The second-order valence-electron chi connectivity index (χ2n) is 4.17. The average molecular weight is 263 g/mol. The van der Waals surface area contributed by atoms with Crippen LogP contribution in [0, 0.1) is 0 Å². The van der Waals surface area contributed by atoms with E-state index in [0.717, 1.165) is 11.3 Å². The summed E-state index contributed by atoms with van der Waals surface area (Å²) in [5.41, 5.74) is 6.41. The first-order valence-corrected chi connectivity index (χ1v) is 6.06. The zero-order valence-electron chi connectivity index (χ0n) is 10.7. The van der Waals surface area contributed by atoms with E-state index < -0.39 is 6.10 Å². The highest BCUT2D eigenvalue weighted by molar-refractivity contribution is 5.28. The highest BCUT2D eigenvalue weighted by Crippen LogP contribution is 2.16. The predicted octanol–water partition coefficient (Wildman–Crippen LogP) is 1.05. The molecule has 0 radical (unpaired) electrons. The summed E-state index contributed by atoms with van der Waals surface area (Å²) in [6.45, 7) is 0.372. The van der Waals surface area contributed by atoms with Crippen LogP contribution < -0.4 is 10.5 Å². The fraction of sp³-hybridized carbons (Fsp3) is 0.385. The van der Waals surface area contributed by atoms with Gasteiger partial charge in [0.2, 0.25) is 0 Å². The smallest absolute Gasteiger partial charge is 0.255 e. The Morgan fingerprint density at radius 1 is 1.37 bits per heavy atom.